The van der Waals surface area contributed by atoms with Crippen LogP contribution in [0.1, 0.15) is 18.4 Å². The van der Waals surface area contributed by atoms with Crippen molar-refractivity contribution in [1.82, 2.24) is 9.29 Å². The second-order valence-corrected chi connectivity index (χ2v) is 7.50. The van der Waals surface area contributed by atoms with Gasteiger partial charge in [0.2, 0.25) is 10.0 Å². The molecule has 24 heavy (non-hydrogen) atoms. The van der Waals surface area contributed by atoms with Gasteiger partial charge in [-0.1, -0.05) is 0 Å². The number of nitrogens with zero attached hydrogens (tertiary/aromatic N) is 3. The summed E-state index contributed by atoms with van der Waals surface area (Å²) in [6, 6.07) is 11.5. The van der Waals surface area contributed by atoms with Crippen molar-refractivity contribution < 1.29 is 13.2 Å². The molecule has 6 nitrogen and oxygen atoms in total. The molecule has 0 spiro atoms. The molecule has 0 aliphatic carbocycles. The monoisotopic (exact) mass is 343 g/mol. The van der Waals surface area contributed by atoms with Gasteiger partial charge < -0.3 is 4.74 Å². The van der Waals surface area contributed by atoms with E-state index in [9.17, 15) is 8.42 Å². The van der Waals surface area contributed by atoms with Crippen molar-refractivity contribution in [3.8, 4) is 11.8 Å². The van der Waals surface area contributed by atoms with Crippen molar-refractivity contribution in [3.05, 3.63) is 54.4 Å². The number of piperidine rings is 1. The van der Waals surface area contributed by atoms with E-state index >= 15 is 0 Å². The van der Waals surface area contributed by atoms with Crippen LogP contribution in [0, 0.1) is 11.3 Å². The van der Waals surface area contributed by atoms with E-state index in [-0.39, 0.29) is 11.0 Å². The fourth-order valence-electron chi connectivity index (χ4n) is 2.68. The van der Waals surface area contributed by atoms with Crippen LogP contribution in [-0.2, 0) is 10.0 Å². The molecule has 0 amide bonds. The van der Waals surface area contributed by atoms with Crippen LogP contribution in [-0.4, -0.2) is 36.9 Å². The number of benzene rings is 1. The molecule has 7 heteroatoms. The number of pyridine rings is 1. The highest BCUT2D eigenvalue weighted by Gasteiger charge is 2.31. The van der Waals surface area contributed by atoms with Gasteiger partial charge in [0.05, 0.1) is 23.1 Å². The normalized spacial score (nSPS) is 18.7. The molecule has 1 fully saturated rings. The highest BCUT2D eigenvalue weighted by molar-refractivity contribution is 7.89. The molecule has 0 saturated carbocycles. The molecular weight excluding hydrogens is 326 g/mol. The van der Waals surface area contributed by atoms with E-state index in [1.807, 2.05) is 6.07 Å². The lowest BCUT2D eigenvalue weighted by molar-refractivity contribution is 0.129. The number of ether oxygens (including phenoxy) is 1. The van der Waals surface area contributed by atoms with E-state index in [0.717, 1.165) is 12.8 Å². The lowest BCUT2D eigenvalue weighted by atomic mass is 10.1. The molecule has 1 aromatic heterocycles. The summed E-state index contributed by atoms with van der Waals surface area (Å²) in [5.74, 6) is 0.688. The van der Waals surface area contributed by atoms with Crippen LogP contribution in [0.15, 0.2) is 53.7 Å². The van der Waals surface area contributed by atoms with Crippen LogP contribution in [0.5, 0.6) is 5.75 Å². The van der Waals surface area contributed by atoms with Gasteiger partial charge in [-0.15, -0.1) is 0 Å². The van der Waals surface area contributed by atoms with Gasteiger partial charge in [-0.05, 0) is 49.2 Å². The molecule has 1 aliphatic rings. The summed E-state index contributed by atoms with van der Waals surface area (Å²) in [7, 11) is -3.58. The second kappa shape index (κ2) is 6.99. The van der Waals surface area contributed by atoms with Crippen LogP contribution in [0.4, 0.5) is 0 Å². The highest BCUT2D eigenvalue weighted by atomic mass is 32.2. The maximum absolute atomic E-state index is 12.8. The van der Waals surface area contributed by atoms with Crippen LogP contribution in [0.2, 0.25) is 0 Å². The lowest BCUT2D eigenvalue weighted by Gasteiger charge is -2.32. The second-order valence-electron chi connectivity index (χ2n) is 5.56. The molecule has 0 bridgehead atoms. The lowest BCUT2D eigenvalue weighted by Crippen LogP contribution is -2.44. The highest BCUT2D eigenvalue weighted by Crippen LogP contribution is 2.23. The first kappa shape index (κ1) is 16.4. The van der Waals surface area contributed by atoms with Gasteiger partial charge in [-0.2, -0.15) is 9.57 Å². The first-order valence-electron chi connectivity index (χ1n) is 7.66. The number of nitriles is 1. The quantitative estimate of drug-likeness (QED) is 0.850. The molecular formula is C17H17N3O3S. The fraction of sp³-hybridized carbons (Fsp3) is 0.294. The predicted molar refractivity (Wildman–Crippen MR) is 87.8 cm³/mol. The zero-order valence-electron chi connectivity index (χ0n) is 13.0. The summed E-state index contributed by atoms with van der Waals surface area (Å²) in [4.78, 5) is 4.14. The Morgan fingerprint density at radius 2 is 1.88 bits per heavy atom. The summed E-state index contributed by atoms with van der Waals surface area (Å²) in [5, 5.41) is 8.82. The number of aromatic nitrogens is 1. The van der Waals surface area contributed by atoms with Crippen molar-refractivity contribution in [2.24, 2.45) is 0 Å². The molecule has 1 aromatic carbocycles. The summed E-state index contributed by atoms with van der Waals surface area (Å²) in [6.45, 7) is 0.781. The van der Waals surface area contributed by atoms with E-state index in [1.54, 1.807) is 24.5 Å². The number of hydrogen-bond acceptors (Lipinski definition) is 5. The van der Waals surface area contributed by atoms with E-state index in [1.165, 1.54) is 28.6 Å². The SMILES string of the molecule is N#Cc1ccc(S(=O)(=O)N2CCC[C@H](Oc3ccncc3)C2)cc1. The Kier molecular flexibility index (Phi) is 4.79. The van der Waals surface area contributed by atoms with E-state index in [4.69, 9.17) is 10.00 Å². The summed E-state index contributed by atoms with van der Waals surface area (Å²) in [6.07, 6.45) is 4.65. The number of hydrogen-bond donors (Lipinski definition) is 0. The van der Waals surface area contributed by atoms with Gasteiger partial charge >= 0.3 is 0 Å². The Hall–Kier alpha value is -2.43. The first-order chi connectivity index (χ1) is 11.6. The largest absolute Gasteiger partial charge is 0.489 e. The van der Waals surface area contributed by atoms with Gasteiger partial charge in [0.25, 0.3) is 0 Å². The van der Waals surface area contributed by atoms with Crippen molar-refractivity contribution in [1.29, 1.82) is 5.26 Å². The van der Waals surface area contributed by atoms with Crippen LogP contribution in [0.25, 0.3) is 0 Å². The third-order valence-electron chi connectivity index (χ3n) is 3.91. The fourth-order valence-corrected chi connectivity index (χ4v) is 4.19. The standard InChI is InChI=1S/C17H17N3O3S/c18-12-14-3-5-17(6-4-14)24(21,22)20-11-1-2-16(13-20)23-15-7-9-19-10-8-15/h3-10,16H,1-2,11,13H2/t16-/m0/s1. The zero-order chi connectivity index (χ0) is 17.0. The Bertz CT molecular complexity index is 830. The molecule has 1 aliphatic heterocycles. The molecule has 124 valence electrons. The predicted octanol–water partition coefficient (Wildman–Crippen LogP) is 2.19. The molecule has 2 aromatic rings. The van der Waals surface area contributed by atoms with Crippen LogP contribution < -0.4 is 4.74 Å². The van der Waals surface area contributed by atoms with Crippen molar-refractivity contribution in [2.75, 3.05) is 13.1 Å². The van der Waals surface area contributed by atoms with E-state index in [2.05, 4.69) is 4.98 Å². The Morgan fingerprint density at radius 3 is 2.54 bits per heavy atom. The number of rotatable bonds is 4. The summed E-state index contributed by atoms with van der Waals surface area (Å²) < 4.78 is 32.8. The maximum atomic E-state index is 12.8. The molecule has 1 atom stereocenters. The maximum Gasteiger partial charge on any atom is 0.243 e. The smallest absolute Gasteiger partial charge is 0.243 e. The molecule has 0 N–H and O–H groups in total. The van der Waals surface area contributed by atoms with Crippen LogP contribution >= 0.6 is 0 Å². The Morgan fingerprint density at radius 1 is 1.17 bits per heavy atom. The zero-order valence-corrected chi connectivity index (χ0v) is 13.8. The van der Waals surface area contributed by atoms with Gasteiger partial charge in [0.1, 0.15) is 11.9 Å². The Labute approximate surface area is 141 Å². The van der Waals surface area contributed by atoms with Crippen molar-refractivity contribution in [2.45, 2.75) is 23.8 Å². The Balaban J connectivity index is 1.74. The third-order valence-corrected chi connectivity index (χ3v) is 5.79. The third kappa shape index (κ3) is 3.55. The molecule has 3 rings (SSSR count). The minimum atomic E-state index is -3.58. The van der Waals surface area contributed by atoms with E-state index < -0.39 is 10.0 Å². The molecule has 1 saturated heterocycles. The average molecular weight is 343 g/mol. The van der Waals surface area contributed by atoms with Gasteiger partial charge in [-0.25, -0.2) is 8.42 Å². The topological polar surface area (TPSA) is 83.3 Å². The van der Waals surface area contributed by atoms with Gasteiger partial charge in [0.15, 0.2) is 0 Å². The van der Waals surface area contributed by atoms with Crippen LogP contribution in [0.3, 0.4) is 0 Å². The summed E-state index contributed by atoms with van der Waals surface area (Å²) in [5.41, 5.74) is 0.437. The van der Waals surface area contributed by atoms with E-state index in [0.29, 0.717) is 24.4 Å². The minimum absolute atomic E-state index is 0.186. The average Bonchev–Trinajstić information content (AvgIpc) is 2.63. The molecule has 0 radical (unpaired) electrons. The van der Waals surface area contributed by atoms with Crippen molar-refractivity contribution >= 4 is 10.0 Å². The molecule has 0 unspecified atom stereocenters. The first-order valence-corrected chi connectivity index (χ1v) is 9.10. The minimum Gasteiger partial charge on any atom is -0.489 e. The van der Waals surface area contributed by atoms with Gasteiger partial charge in [0, 0.05) is 18.9 Å². The summed E-state index contributed by atoms with van der Waals surface area (Å²) >= 11 is 0. The van der Waals surface area contributed by atoms with Crippen molar-refractivity contribution in [3.63, 3.8) is 0 Å². The number of sulfonamides is 1. The van der Waals surface area contributed by atoms with Gasteiger partial charge in [-0.3, -0.25) is 4.98 Å². The molecule has 2 heterocycles.